The number of hydrogen-bond donors (Lipinski definition) is 2. The van der Waals surface area contributed by atoms with Gasteiger partial charge in [0, 0.05) is 30.1 Å². The Labute approximate surface area is 182 Å². The lowest BCUT2D eigenvalue weighted by Crippen LogP contribution is -2.29. The van der Waals surface area contributed by atoms with E-state index in [0.29, 0.717) is 30.7 Å². The highest BCUT2D eigenvalue weighted by molar-refractivity contribution is 6.05. The molecule has 6 nitrogen and oxygen atoms in total. The average molecular weight is 420 g/mol. The van der Waals surface area contributed by atoms with Gasteiger partial charge in [0.25, 0.3) is 5.91 Å². The van der Waals surface area contributed by atoms with Crippen LogP contribution in [0.25, 0.3) is 10.9 Å². The molecule has 0 saturated carbocycles. The van der Waals surface area contributed by atoms with E-state index in [0.717, 1.165) is 17.7 Å². The molecule has 1 saturated heterocycles. The Kier molecular flexibility index (Phi) is 6.99. The minimum Gasteiger partial charge on any atom is -0.494 e. The Balaban J connectivity index is 1.25. The van der Waals surface area contributed by atoms with Crippen LogP contribution in [0.2, 0.25) is 0 Å². The summed E-state index contributed by atoms with van der Waals surface area (Å²) in [6.45, 7) is 4.31. The molecule has 162 valence electrons. The largest absolute Gasteiger partial charge is 0.494 e. The van der Waals surface area contributed by atoms with Crippen LogP contribution >= 0.6 is 0 Å². The third-order valence-electron chi connectivity index (χ3n) is 5.62. The van der Waals surface area contributed by atoms with Gasteiger partial charge in [-0.05, 0) is 56.1 Å². The maximum absolute atomic E-state index is 12.6. The maximum atomic E-state index is 12.6. The minimum atomic E-state index is -0.281. The highest BCUT2D eigenvalue weighted by atomic mass is 16.5. The average Bonchev–Trinajstić information content (AvgIpc) is 2.79. The standard InChI is InChI=1S/C25H29N3O3/c29-24-17-22(21-10-2-3-11-23(21)27-24)25(30)26-12-7-15-31-20-9-6-8-19(16-20)18-28-13-4-1-5-14-28/h2-3,6,8-11,16-17H,1,4-5,7,12-15,18H2,(H,26,30)(H,27,29). The number of rotatable bonds is 8. The van der Waals surface area contributed by atoms with Crippen molar-refractivity contribution in [3.05, 3.63) is 76.1 Å². The Morgan fingerprint density at radius 2 is 1.87 bits per heavy atom. The molecule has 2 N–H and O–H groups in total. The van der Waals surface area contributed by atoms with E-state index in [1.54, 1.807) is 6.07 Å². The number of aromatic amines is 1. The number of carbonyl (C=O) groups is 1. The first-order chi connectivity index (χ1) is 15.2. The van der Waals surface area contributed by atoms with E-state index in [4.69, 9.17) is 4.74 Å². The third kappa shape index (κ3) is 5.73. The molecule has 0 unspecified atom stereocenters. The summed E-state index contributed by atoms with van der Waals surface area (Å²) in [6, 6.07) is 16.9. The number of pyridine rings is 1. The molecule has 0 radical (unpaired) electrons. The molecule has 1 aliphatic heterocycles. The predicted molar refractivity (Wildman–Crippen MR) is 123 cm³/mol. The van der Waals surface area contributed by atoms with Crippen molar-refractivity contribution < 1.29 is 9.53 Å². The SMILES string of the molecule is O=C(NCCCOc1cccc(CN2CCCCC2)c1)c1cc(=O)[nH]c2ccccc12. The van der Waals surface area contributed by atoms with Crippen molar-refractivity contribution in [1.82, 2.24) is 15.2 Å². The molecule has 2 heterocycles. The zero-order valence-electron chi connectivity index (χ0n) is 17.7. The number of benzene rings is 2. The van der Waals surface area contributed by atoms with Gasteiger partial charge in [-0.25, -0.2) is 0 Å². The molecule has 1 aliphatic rings. The molecule has 0 atom stereocenters. The van der Waals surface area contributed by atoms with Crippen molar-refractivity contribution in [3.8, 4) is 5.75 Å². The van der Waals surface area contributed by atoms with E-state index < -0.39 is 0 Å². The Bertz CT molecular complexity index is 1090. The molecule has 4 rings (SSSR count). The van der Waals surface area contributed by atoms with Crippen LogP contribution in [-0.2, 0) is 6.54 Å². The summed E-state index contributed by atoms with van der Waals surface area (Å²) in [5.74, 6) is 0.618. The molecule has 3 aromatic rings. The predicted octanol–water partition coefficient (Wildman–Crippen LogP) is 3.71. The number of piperidine rings is 1. The summed E-state index contributed by atoms with van der Waals surface area (Å²) >= 11 is 0. The van der Waals surface area contributed by atoms with Crippen molar-refractivity contribution in [2.45, 2.75) is 32.2 Å². The van der Waals surface area contributed by atoms with Crippen molar-refractivity contribution >= 4 is 16.8 Å². The highest BCUT2D eigenvalue weighted by Gasteiger charge is 2.12. The molecule has 31 heavy (non-hydrogen) atoms. The van der Waals surface area contributed by atoms with Gasteiger partial charge >= 0.3 is 0 Å². The minimum absolute atomic E-state index is 0.245. The second kappa shape index (κ2) is 10.3. The molecule has 0 aliphatic carbocycles. The molecule has 1 aromatic heterocycles. The third-order valence-corrected chi connectivity index (χ3v) is 5.62. The van der Waals surface area contributed by atoms with Gasteiger partial charge in [-0.3, -0.25) is 14.5 Å². The first-order valence-corrected chi connectivity index (χ1v) is 11.0. The van der Waals surface area contributed by atoms with Crippen LogP contribution in [0.1, 0.15) is 41.6 Å². The van der Waals surface area contributed by atoms with E-state index in [-0.39, 0.29) is 11.5 Å². The van der Waals surface area contributed by atoms with Crippen LogP contribution in [-0.4, -0.2) is 42.0 Å². The van der Waals surface area contributed by atoms with E-state index >= 15 is 0 Å². The second-order valence-electron chi connectivity index (χ2n) is 8.03. The zero-order valence-corrected chi connectivity index (χ0v) is 17.7. The van der Waals surface area contributed by atoms with Crippen molar-refractivity contribution in [2.75, 3.05) is 26.2 Å². The number of fused-ring (bicyclic) bond motifs is 1. The fourth-order valence-electron chi connectivity index (χ4n) is 4.06. The van der Waals surface area contributed by atoms with E-state index in [1.165, 1.54) is 44.0 Å². The summed E-state index contributed by atoms with van der Waals surface area (Å²) < 4.78 is 5.89. The summed E-state index contributed by atoms with van der Waals surface area (Å²) in [5.41, 5.74) is 2.05. The number of para-hydroxylation sites is 1. The topological polar surface area (TPSA) is 74.4 Å². The molecular weight excluding hydrogens is 390 g/mol. The lowest BCUT2D eigenvalue weighted by molar-refractivity contribution is 0.0953. The summed E-state index contributed by atoms with van der Waals surface area (Å²) in [5, 5.41) is 3.63. The smallest absolute Gasteiger partial charge is 0.252 e. The molecule has 0 spiro atoms. The van der Waals surface area contributed by atoms with E-state index in [9.17, 15) is 9.59 Å². The molecule has 1 fully saturated rings. The number of H-pyrrole nitrogens is 1. The van der Waals surface area contributed by atoms with Gasteiger partial charge in [-0.1, -0.05) is 36.8 Å². The quantitative estimate of drug-likeness (QED) is 0.546. The van der Waals surface area contributed by atoms with Crippen LogP contribution in [0.4, 0.5) is 0 Å². The number of nitrogens with zero attached hydrogens (tertiary/aromatic N) is 1. The van der Waals surface area contributed by atoms with Crippen LogP contribution in [0.3, 0.4) is 0 Å². The molecule has 6 heteroatoms. The number of hydrogen-bond acceptors (Lipinski definition) is 4. The van der Waals surface area contributed by atoms with Crippen molar-refractivity contribution in [3.63, 3.8) is 0 Å². The highest BCUT2D eigenvalue weighted by Crippen LogP contribution is 2.18. The van der Waals surface area contributed by atoms with Crippen LogP contribution < -0.4 is 15.6 Å². The van der Waals surface area contributed by atoms with Crippen LogP contribution in [0.15, 0.2) is 59.4 Å². The molecular formula is C25H29N3O3. The van der Waals surface area contributed by atoms with Gasteiger partial charge in [0.1, 0.15) is 5.75 Å². The monoisotopic (exact) mass is 419 g/mol. The van der Waals surface area contributed by atoms with Gasteiger partial charge in [0.2, 0.25) is 5.56 Å². The van der Waals surface area contributed by atoms with E-state index in [2.05, 4.69) is 27.3 Å². The first kappa shape index (κ1) is 21.1. The summed E-state index contributed by atoms with van der Waals surface area (Å²) in [6.07, 6.45) is 4.60. The van der Waals surface area contributed by atoms with Gasteiger partial charge in [-0.2, -0.15) is 0 Å². The molecule has 0 bridgehead atoms. The number of amides is 1. The van der Waals surface area contributed by atoms with E-state index in [1.807, 2.05) is 30.3 Å². The maximum Gasteiger partial charge on any atom is 0.252 e. The van der Waals surface area contributed by atoms with Crippen molar-refractivity contribution in [2.24, 2.45) is 0 Å². The molecule has 2 aromatic carbocycles. The number of carbonyl (C=O) groups excluding carboxylic acids is 1. The lowest BCUT2D eigenvalue weighted by Gasteiger charge is -2.26. The fraction of sp³-hybridized carbons (Fsp3) is 0.360. The Morgan fingerprint density at radius 3 is 2.74 bits per heavy atom. The van der Waals surface area contributed by atoms with Crippen LogP contribution in [0.5, 0.6) is 5.75 Å². The van der Waals surface area contributed by atoms with Crippen LogP contribution in [0, 0.1) is 0 Å². The van der Waals surface area contributed by atoms with Gasteiger partial charge in [0.05, 0.1) is 12.2 Å². The number of ether oxygens (including phenoxy) is 1. The lowest BCUT2D eigenvalue weighted by atomic mass is 10.1. The normalized spacial score (nSPS) is 14.5. The second-order valence-corrected chi connectivity index (χ2v) is 8.03. The number of likely N-dealkylation sites (tertiary alicyclic amines) is 1. The summed E-state index contributed by atoms with van der Waals surface area (Å²) in [7, 11) is 0. The van der Waals surface area contributed by atoms with Crippen molar-refractivity contribution in [1.29, 1.82) is 0 Å². The number of aromatic nitrogens is 1. The zero-order chi connectivity index (χ0) is 21.5. The first-order valence-electron chi connectivity index (χ1n) is 11.0. The van der Waals surface area contributed by atoms with Gasteiger partial charge < -0.3 is 15.0 Å². The fourth-order valence-corrected chi connectivity index (χ4v) is 4.06. The molecule has 1 amide bonds. The van der Waals surface area contributed by atoms with Gasteiger partial charge in [0.15, 0.2) is 0 Å². The Morgan fingerprint density at radius 1 is 1.03 bits per heavy atom. The van der Waals surface area contributed by atoms with Gasteiger partial charge in [-0.15, -0.1) is 0 Å². The number of nitrogens with one attached hydrogen (secondary N) is 2. The Hall–Kier alpha value is -3.12. The summed E-state index contributed by atoms with van der Waals surface area (Å²) in [4.78, 5) is 29.7.